The van der Waals surface area contributed by atoms with Crippen molar-refractivity contribution in [3.8, 4) is 0 Å². The van der Waals surface area contributed by atoms with E-state index < -0.39 is 0 Å². The van der Waals surface area contributed by atoms with Crippen LogP contribution < -0.4 is 51.4 Å². The molecule has 1 rings (SSSR count). The molecule has 5 heteroatoms. The first-order valence-electron chi connectivity index (χ1n) is 6.81. The summed E-state index contributed by atoms with van der Waals surface area (Å²) in [5.74, 6) is 0. The molecule has 0 spiro atoms. The van der Waals surface area contributed by atoms with Crippen LogP contribution in [0.2, 0.25) is 0 Å². The fourth-order valence-electron chi connectivity index (χ4n) is 1.55. The second-order valence-corrected chi connectivity index (χ2v) is 3.70. The van der Waals surface area contributed by atoms with Crippen LogP contribution in [-0.4, -0.2) is 69.8 Å². The molecular weight excluding hydrogens is 253 g/mol. The van der Waals surface area contributed by atoms with Crippen LogP contribution in [-0.2, 0) is 4.74 Å². The van der Waals surface area contributed by atoms with E-state index in [1.165, 1.54) is 26.6 Å². The largest absolute Gasteiger partial charge is 1.00 e. The van der Waals surface area contributed by atoms with Crippen molar-refractivity contribution in [2.24, 2.45) is 0 Å². The topological polar surface area (TPSA) is 39.5 Å². The van der Waals surface area contributed by atoms with Crippen LogP contribution in [0, 0.1) is 0 Å². The number of ether oxygens (including phenoxy) is 1. The van der Waals surface area contributed by atoms with E-state index in [0.29, 0.717) is 0 Å². The summed E-state index contributed by atoms with van der Waals surface area (Å²) < 4.78 is 5.30. The fraction of sp³-hybridized carbons (Fsp3) is 1.00. The molecule has 1 aliphatic heterocycles. The average Bonchev–Trinajstić information content (AvgIpc) is 2.44. The van der Waals surface area contributed by atoms with Gasteiger partial charge in [0.2, 0.25) is 0 Å². The molecule has 0 aliphatic carbocycles. The van der Waals surface area contributed by atoms with Gasteiger partial charge >= 0.3 is 51.4 Å². The monoisotopic (exact) mass is 285 g/mol. The van der Waals surface area contributed by atoms with Gasteiger partial charge in [-0.2, -0.15) is 7.05 Å². The first kappa shape index (κ1) is 24.5. The van der Waals surface area contributed by atoms with Crippen LogP contribution >= 0.6 is 0 Å². The summed E-state index contributed by atoms with van der Waals surface area (Å²) in [6, 6.07) is 0. The molecule has 0 aromatic heterocycles. The van der Waals surface area contributed by atoms with Gasteiger partial charge < -0.3 is 15.4 Å². The summed E-state index contributed by atoms with van der Waals surface area (Å²) in [6.45, 7) is 13.9. The zero-order valence-corrected chi connectivity index (χ0v) is 16.6. The molecule has 1 heterocycles. The van der Waals surface area contributed by atoms with E-state index in [-0.39, 0.29) is 51.4 Å². The molecule has 0 unspecified atom stereocenters. The first-order chi connectivity index (χ1) is 8.33. The van der Waals surface area contributed by atoms with Crippen molar-refractivity contribution >= 4 is 0 Å². The van der Waals surface area contributed by atoms with Crippen LogP contribution in [0.1, 0.15) is 27.2 Å². The summed E-state index contributed by atoms with van der Waals surface area (Å²) in [4.78, 5) is 4.85. The zero-order valence-electron chi connectivity index (χ0n) is 13.5. The average molecular weight is 286 g/mol. The van der Waals surface area contributed by atoms with Gasteiger partial charge in [-0.1, -0.05) is 20.8 Å². The number of hydrogen-bond donors (Lipinski definition) is 0. The molecule has 0 saturated carbocycles. The summed E-state index contributed by atoms with van der Waals surface area (Å²) in [5, 5.41) is 0. The summed E-state index contributed by atoms with van der Waals surface area (Å²) in [5.41, 5.74) is 5.75. The second kappa shape index (κ2) is 20.8. The van der Waals surface area contributed by atoms with Gasteiger partial charge in [0, 0.05) is 13.1 Å². The second-order valence-electron chi connectivity index (χ2n) is 3.70. The number of nitrogens with one attached hydrogen (secondary N) is 1. The van der Waals surface area contributed by atoms with Crippen molar-refractivity contribution in [3.05, 3.63) is 5.73 Å². The molecule has 0 aromatic carbocycles. The minimum atomic E-state index is 0. The molecule has 18 heavy (non-hydrogen) atoms. The molecule has 1 N–H and O–H groups in total. The molecular formula is C13H32KN3O. The van der Waals surface area contributed by atoms with Gasteiger partial charge in [-0.05, 0) is 33.1 Å². The summed E-state index contributed by atoms with van der Waals surface area (Å²) in [6.07, 6.45) is 1.28. The molecule has 1 fully saturated rings. The number of nitrogens with zero attached hydrogens (tertiary/aromatic N) is 2. The minimum Gasteiger partial charge on any atom is -0.680 e. The van der Waals surface area contributed by atoms with E-state index in [1.807, 2.05) is 13.8 Å². The van der Waals surface area contributed by atoms with Gasteiger partial charge in [0.05, 0.1) is 13.2 Å². The van der Waals surface area contributed by atoms with Crippen LogP contribution in [0.3, 0.4) is 0 Å². The first-order valence-corrected chi connectivity index (χ1v) is 6.81. The third kappa shape index (κ3) is 15.5. The SMILES string of the molecule is CC.CCN(C)CCCN1CCOCC1.C[NH-].[K+]. The van der Waals surface area contributed by atoms with Crippen LogP contribution in [0.15, 0.2) is 0 Å². The molecule has 1 aliphatic rings. The van der Waals surface area contributed by atoms with Crippen LogP contribution in [0.25, 0.3) is 5.73 Å². The Balaban J connectivity index is -0.000000409. The van der Waals surface area contributed by atoms with Crippen molar-refractivity contribution in [1.29, 1.82) is 0 Å². The Morgan fingerprint density at radius 2 is 1.67 bits per heavy atom. The van der Waals surface area contributed by atoms with Gasteiger partial charge in [0.25, 0.3) is 0 Å². The fourth-order valence-corrected chi connectivity index (χ4v) is 1.55. The van der Waals surface area contributed by atoms with Crippen molar-refractivity contribution in [3.63, 3.8) is 0 Å². The number of morpholine rings is 1. The van der Waals surface area contributed by atoms with Crippen LogP contribution in [0.5, 0.6) is 0 Å². The van der Waals surface area contributed by atoms with E-state index in [9.17, 15) is 0 Å². The Bertz CT molecular complexity index is 133. The van der Waals surface area contributed by atoms with Crippen molar-refractivity contribution in [2.45, 2.75) is 27.2 Å². The number of hydrogen-bond acceptors (Lipinski definition) is 3. The Kier molecular flexibility index (Phi) is 28.3. The third-order valence-electron chi connectivity index (χ3n) is 2.66. The molecule has 0 amide bonds. The maximum absolute atomic E-state index is 5.75. The maximum atomic E-state index is 5.75. The van der Waals surface area contributed by atoms with Gasteiger partial charge in [0.1, 0.15) is 0 Å². The van der Waals surface area contributed by atoms with Crippen molar-refractivity contribution in [1.82, 2.24) is 9.80 Å². The molecule has 0 atom stereocenters. The van der Waals surface area contributed by atoms with E-state index in [0.717, 1.165) is 32.8 Å². The van der Waals surface area contributed by atoms with E-state index in [4.69, 9.17) is 10.5 Å². The van der Waals surface area contributed by atoms with Crippen molar-refractivity contribution < 1.29 is 56.1 Å². The summed E-state index contributed by atoms with van der Waals surface area (Å²) in [7, 11) is 3.43. The maximum Gasteiger partial charge on any atom is 1.00 e. The molecule has 4 nitrogen and oxygen atoms in total. The van der Waals surface area contributed by atoms with Gasteiger partial charge in [0.15, 0.2) is 0 Å². The van der Waals surface area contributed by atoms with E-state index in [2.05, 4.69) is 23.8 Å². The van der Waals surface area contributed by atoms with Gasteiger partial charge in [-0.15, -0.1) is 0 Å². The quantitative estimate of drug-likeness (QED) is 0.631. The molecule has 0 aromatic rings. The Morgan fingerprint density at radius 1 is 1.17 bits per heavy atom. The smallest absolute Gasteiger partial charge is 0.680 e. The summed E-state index contributed by atoms with van der Waals surface area (Å²) >= 11 is 0. The normalized spacial score (nSPS) is 14.8. The molecule has 0 bridgehead atoms. The van der Waals surface area contributed by atoms with Gasteiger partial charge in [-0.3, -0.25) is 4.90 Å². The molecule has 0 radical (unpaired) electrons. The van der Waals surface area contributed by atoms with Gasteiger partial charge in [-0.25, -0.2) is 0 Å². The standard InChI is InChI=1S/C10H22N2O.C2H6.CH4N.K/c1-3-11(2)5-4-6-12-7-9-13-10-8-12;2*1-2;/h3-10H2,1-2H3;1-2H3;2H,1H3;/q;;-1;+1. The van der Waals surface area contributed by atoms with Crippen LogP contribution in [0.4, 0.5) is 0 Å². The molecule has 1 saturated heterocycles. The number of rotatable bonds is 5. The Morgan fingerprint density at radius 3 is 2.11 bits per heavy atom. The zero-order chi connectivity index (χ0) is 13.5. The third-order valence-corrected chi connectivity index (χ3v) is 2.66. The van der Waals surface area contributed by atoms with Crippen molar-refractivity contribution in [2.75, 3.05) is 60.0 Å². The molecule has 106 valence electrons. The van der Waals surface area contributed by atoms with E-state index in [1.54, 1.807) is 0 Å². The predicted molar refractivity (Wildman–Crippen MR) is 76.6 cm³/mol. The Labute approximate surface area is 157 Å². The predicted octanol–water partition coefficient (Wildman–Crippen LogP) is -0.641. The van der Waals surface area contributed by atoms with E-state index >= 15 is 0 Å². The minimum absolute atomic E-state index is 0. The Hall–Kier alpha value is 1.48.